The minimum Gasteiger partial charge on any atom is -0.356 e. The van der Waals surface area contributed by atoms with E-state index in [-0.39, 0.29) is 17.3 Å². The third-order valence-electron chi connectivity index (χ3n) is 6.67. The number of carbonyl (C=O) groups is 1. The first kappa shape index (κ1) is 23.7. The predicted molar refractivity (Wildman–Crippen MR) is 132 cm³/mol. The van der Waals surface area contributed by atoms with Gasteiger partial charge in [0.25, 0.3) is 0 Å². The van der Waals surface area contributed by atoms with Crippen molar-refractivity contribution in [3.63, 3.8) is 0 Å². The number of aromatic nitrogens is 4. The van der Waals surface area contributed by atoms with E-state index in [4.69, 9.17) is 0 Å². The van der Waals surface area contributed by atoms with E-state index < -0.39 is 10.0 Å². The number of benzene rings is 1. The molecular formula is C24H31N7O3S. The number of fused-ring (bicyclic) bond motifs is 2. The lowest BCUT2D eigenvalue weighted by atomic mass is 10.1. The van der Waals surface area contributed by atoms with Gasteiger partial charge in [-0.15, -0.1) is 0 Å². The number of aryl methyl sites for hydroxylation is 1. The molecule has 2 aliphatic rings. The van der Waals surface area contributed by atoms with Crippen LogP contribution in [0.3, 0.4) is 0 Å². The summed E-state index contributed by atoms with van der Waals surface area (Å²) in [7, 11) is -3.73. The number of hydrogen-bond donors (Lipinski definition) is 1. The molecule has 1 N–H and O–H groups in total. The number of pyridine rings is 1. The first-order valence-electron chi connectivity index (χ1n) is 12.2. The lowest BCUT2D eigenvalue weighted by Crippen LogP contribution is -2.38. The summed E-state index contributed by atoms with van der Waals surface area (Å²) in [6, 6.07) is 7.11. The van der Waals surface area contributed by atoms with E-state index >= 15 is 0 Å². The van der Waals surface area contributed by atoms with Gasteiger partial charge < -0.3 is 10.2 Å². The van der Waals surface area contributed by atoms with Crippen LogP contribution in [0.5, 0.6) is 0 Å². The van der Waals surface area contributed by atoms with Crippen LogP contribution in [0.15, 0.2) is 35.4 Å². The fraction of sp³-hybridized carbons (Fsp3) is 0.500. The van der Waals surface area contributed by atoms with Gasteiger partial charge in [-0.1, -0.05) is 18.9 Å². The zero-order chi connectivity index (χ0) is 24.4. The third-order valence-corrected chi connectivity index (χ3v) is 8.51. The normalized spacial score (nSPS) is 18.7. The second-order valence-corrected chi connectivity index (χ2v) is 11.1. The van der Waals surface area contributed by atoms with Crippen LogP contribution < -0.4 is 10.2 Å². The number of hydrogen-bond acceptors (Lipinski definition) is 7. The molecule has 4 heterocycles. The van der Waals surface area contributed by atoms with Gasteiger partial charge in [-0.3, -0.25) is 4.79 Å². The third kappa shape index (κ3) is 5.01. The maximum atomic E-state index is 13.6. The van der Waals surface area contributed by atoms with Crippen molar-refractivity contribution in [3.05, 3.63) is 42.1 Å². The van der Waals surface area contributed by atoms with E-state index in [2.05, 4.69) is 25.3 Å². The van der Waals surface area contributed by atoms with Gasteiger partial charge in [-0.2, -0.15) is 9.40 Å². The molecule has 35 heavy (non-hydrogen) atoms. The van der Waals surface area contributed by atoms with Crippen molar-refractivity contribution in [2.45, 2.75) is 57.0 Å². The molecule has 0 unspecified atom stereocenters. The van der Waals surface area contributed by atoms with Crippen molar-refractivity contribution in [1.29, 1.82) is 0 Å². The molecule has 0 atom stereocenters. The Bertz CT molecular complexity index is 1340. The summed E-state index contributed by atoms with van der Waals surface area (Å²) in [5.41, 5.74) is 0. The Kier molecular flexibility index (Phi) is 6.70. The molecule has 1 aromatic carbocycles. The van der Waals surface area contributed by atoms with Gasteiger partial charge in [0, 0.05) is 44.2 Å². The number of nitrogens with zero attached hydrogens (tertiary/aromatic N) is 6. The first-order chi connectivity index (χ1) is 16.9. The molecule has 2 aliphatic heterocycles. The largest absolute Gasteiger partial charge is 0.356 e. The molecule has 0 bridgehead atoms. The van der Waals surface area contributed by atoms with E-state index in [1.165, 1.54) is 4.31 Å². The maximum absolute atomic E-state index is 13.6. The van der Waals surface area contributed by atoms with Crippen LogP contribution >= 0.6 is 0 Å². The lowest BCUT2D eigenvalue weighted by molar-refractivity contribution is -0.120. The fourth-order valence-corrected chi connectivity index (χ4v) is 6.21. The Morgan fingerprint density at radius 2 is 1.86 bits per heavy atom. The number of carbonyl (C=O) groups excluding carboxylic acids is 1. The van der Waals surface area contributed by atoms with Crippen molar-refractivity contribution < 1.29 is 13.2 Å². The summed E-state index contributed by atoms with van der Waals surface area (Å²) >= 11 is 0. The molecule has 3 aromatic rings. The molecule has 0 radical (unpaired) electrons. The summed E-state index contributed by atoms with van der Waals surface area (Å²) in [5.74, 6) is 2.06. The number of nitrogens with one attached hydrogen (secondary N) is 1. The smallest absolute Gasteiger partial charge is 0.243 e. The van der Waals surface area contributed by atoms with Crippen molar-refractivity contribution in [2.75, 3.05) is 31.1 Å². The zero-order valence-electron chi connectivity index (χ0n) is 20.0. The van der Waals surface area contributed by atoms with Gasteiger partial charge in [-0.05, 0) is 43.4 Å². The van der Waals surface area contributed by atoms with Gasteiger partial charge in [0.15, 0.2) is 0 Å². The Balaban J connectivity index is 1.47. The van der Waals surface area contributed by atoms with Crippen LogP contribution in [0.1, 0.15) is 43.8 Å². The Labute approximate surface area is 205 Å². The first-order valence-corrected chi connectivity index (χ1v) is 13.7. The van der Waals surface area contributed by atoms with E-state index in [9.17, 15) is 13.2 Å². The fourth-order valence-electron chi connectivity index (χ4n) is 4.79. The number of amides is 1. The number of anilines is 1. The van der Waals surface area contributed by atoms with Crippen molar-refractivity contribution in [2.24, 2.45) is 0 Å². The van der Waals surface area contributed by atoms with Crippen LogP contribution in [0.2, 0.25) is 0 Å². The molecule has 1 amide bonds. The standard InChI is InChI=1S/C24H31N7O3S/c1-18-27-22-17-30(14-15-31(22)28-18)35(33,34)20-7-6-19-8-11-26-24(21(19)16-20)29-12-5-3-2-4-10-25-23(32)9-13-29/h6-8,11,16H,2-5,9-10,12-15,17H2,1H3,(H,25,32). The summed E-state index contributed by atoms with van der Waals surface area (Å²) in [6.07, 6.45) is 6.27. The summed E-state index contributed by atoms with van der Waals surface area (Å²) < 4.78 is 30.4. The maximum Gasteiger partial charge on any atom is 0.243 e. The predicted octanol–water partition coefficient (Wildman–Crippen LogP) is 2.23. The van der Waals surface area contributed by atoms with Crippen LogP contribution in [0.25, 0.3) is 10.8 Å². The van der Waals surface area contributed by atoms with Crippen LogP contribution in [0, 0.1) is 6.92 Å². The number of sulfonamides is 1. The highest BCUT2D eigenvalue weighted by atomic mass is 32.2. The van der Waals surface area contributed by atoms with Crippen molar-refractivity contribution in [3.8, 4) is 0 Å². The molecule has 1 saturated heterocycles. The van der Waals surface area contributed by atoms with Gasteiger partial charge in [-0.25, -0.2) is 23.1 Å². The second kappa shape index (κ2) is 9.90. The van der Waals surface area contributed by atoms with Gasteiger partial charge in [0.05, 0.1) is 18.0 Å². The SMILES string of the molecule is Cc1nc2n(n1)CCN(S(=O)(=O)c1ccc3ccnc(N4CCCCCCNC(=O)CC4)c3c1)C2. The van der Waals surface area contributed by atoms with Gasteiger partial charge in [0.1, 0.15) is 17.5 Å². The average Bonchev–Trinajstić information content (AvgIpc) is 3.21. The number of rotatable bonds is 3. The summed E-state index contributed by atoms with van der Waals surface area (Å²) in [6.45, 7) is 4.86. The summed E-state index contributed by atoms with van der Waals surface area (Å²) in [5, 5.41) is 9.00. The second-order valence-electron chi connectivity index (χ2n) is 9.16. The lowest BCUT2D eigenvalue weighted by Gasteiger charge is -2.27. The summed E-state index contributed by atoms with van der Waals surface area (Å²) in [4.78, 5) is 23.6. The molecule has 2 aromatic heterocycles. The molecule has 186 valence electrons. The van der Waals surface area contributed by atoms with E-state index in [1.54, 1.807) is 23.0 Å². The molecule has 11 heteroatoms. The zero-order valence-corrected chi connectivity index (χ0v) is 20.8. The Hall–Kier alpha value is -3.05. The van der Waals surface area contributed by atoms with Crippen LogP contribution in [0.4, 0.5) is 5.82 Å². The van der Waals surface area contributed by atoms with Crippen LogP contribution in [-0.4, -0.2) is 64.6 Å². The highest BCUT2D eigenvalue weighted by Gasteiger charge is 2.30. The molecular weight excluding hydrogens is 466 g/mol. The van der Waals surface area contributed by atoms with Crippen molar-refractivity contribution in [1.82, 2.24) is 29.4 Å². The van der Waals surface area contributed by atoms with E-state index in [0.717, 1.165) is 55.4 Å². The van der Waals surface area contributed by atoms with E-state index in [0.29, 0.717) is 37.7 Å². The average molecular weight is 498 g/mol. The highest BCUT2D eigenvalue weighted by Crippen LogP contribution is 2.30. The minimum absolute atomic E-state index is 0.0357. The van der Waals surface area contributed by atoms with Crippen molar-refractivity contribution >= 4 is 32.5 Å². The van der Waals surface area contributed by atoms with E-state index in [1.807, 2.05) is 19.1 Å². The Morgan fingerprint density at radius 3 is 2.74 bits per heavy atom. The Morgan fingerprint density at radius 1 is 1.00 bits per heavy atom. The molecule has 0 spiro atoms. The van der Waals surface area contributed by atoms with Crippen LogP contribution in [-0.2, 0) is 27.9 Å². The molecule has 0 aliphatic carbocycles. The topological polar surface area (TPSA) is 113 Å². The molecule has 5 rings (SSSR count). The molecule has 0 saturated carbocycles. The highest BCUT2D eigenvalue weighted by molar-refractivity contribution is 7.89. The van der Waals surface area contributed by atoms with Gasteiger partial charge >= 0.3 is 0 Å². The molecule has 1 fully saturated rings. The van der Waals surface area contributed by atoms with Gasteiger partial charge in [0.2, 0.25) is 15.9 Å². The monoisotopic (exact) mass is 497 g/mol. The quantitative estimate of drug-likeness (QED) is 0.590. The minimum atomic E-state index is -3.73. The molecule has 10 nitrogen and oxygen atoms in total.